The number of carbonyl (C=O) groups is 1. The van der Waals surface area contributed by atoms with Crippen molar-refractivity contribution < 1.29 is 9.53 Å². The Morgan fingerprint density at radius 1 is 1.28 bits per heavy atom. The zero-order chi connectivity index (χ0) is 13.8. The van der Waals surface area contributed by atoms with E-state index in [1.165, 1.54) is 10.5 Å². The number of amides is 1. The summed E-state index contributed by atoms with van der Waals surface area (Å²) in [5, 5.41) is 0. The van der Waals surface area contributed by atoms with E-state index >= 15 is 0 Å². The fraction of sp³-hybridized carbons (Fsp3) is 0.500. The van der Waals surface area contributed by atoms with Crippen molar-refractivity contribution >= 4 is 22.0 Å². The standard InChI is InChI=1S/C14H20NO2Si/c1-14(2,3)17-13(16)15(4)12-7-5-11(6-8-12)9-10-18/h5-8H,9-10H2,1-4H3. The topological polar surface area (TPSA) is 29.5 Å². The van der Waals surface area contributed by atoms with E-state index in [0.717, 1.165) is 18.2 Å². The van der Waals surface area contributed by atoms with Crippen LogP contribution in [0.3, 0.4) is 0 Å². The molecule has 1 rings (SSSR count). The van der Waals surface area contributed by atoms with Gasteiger partial charge in [-0.25, -0.2) is 4.79 Å². The lowest BCUT2D eigenvalue weighted by molar-refractivity contribution is 0.0589. The number of aryl methyl sites for hydroxylation is 1. The molecule has 0 aliphatic rings. The summed E-state index contributed by atoms with van der Waals surface area (Å²) in [6.45, 7) is 5.58. The van der Waals surface area contributed by atoms with Crippen LogP contribution in [0.2, 0.25) is 6.04 Å². The molecule has 4 heteroatoms. The minimum absolute atomic E-state index is 0.338. The second kappa shape index (κ2) is 6.04. The van der Waals surface area contributed by atoms with Gasteiger partial charge in [0.15, 0.2) is 0 Å². The van der Waals surface area contributed by atoms with Gasteiger partial charge in [-0.3, -0.25) is 4.90 Å². The number of rotatable bonds is 3. The Morgan fingerprint density at radius 2 is 1.83 bits per heavy atom. The molecule has 0 atom stereocenters. The Bertz CT molecular complexity index is 395. The van der Waals surface area contributed by atoms with E-state index in [1.54, 1.807) is 7.05 Å². The normalized spacial score (nSPS) is 11.2. The molecule has 1 amide bonds. The maximum absolute atomic E-state index is 11.9. The van der Waals surface area contributed by atoms with Crippen LogP contribution in [0.25, 0.3) is 0 Å². The van der Waals surface area contributed by atoms with Crippen LogP contribution in [-0.4, -0.2) is 29.0 Å². The van der Waals surface area contributed by atoms with Crippen molar-refractivity contribution in [1.29, 1.82) is 0 Å². The van der Waals surface area contributed by atoms with Gasteiger partial charge in [0.05, 0.1) is 0 Å². The average molecular weight is 262 g/mol. The van der Waals surface area contributed by atoms with E-state index < -0.39 is 5.60 Å². The van der Waals surface area contributed by atoms with Crippen LogP contribution in [-0.2, 0) is 11.2 Å². The zero-order valence-electron chi connectivity index (χ0n) is 11.5. The van der Waals surface area contributed by atoms with Crippen LogP contribution in [0.4, 0.5) is 10.5 Å². The van der Waals surface area contributed by atoms with Gasteiger partial charge in [-0.05, 0) is 44.9 Å². The Balaban J connectivity index is 2.71. The zero-order valence-corrected chi connectivity index (χ0v) is 12.5. The van der Waals surface area contributed by atoms with Gasteiger partial charge >= 0.3 is 6.09 Å². The maximum Gasteiger partial charge on any atom is 0.414 e. The van der Waals surface area contributed by atoms with E-state index in [4.69, 9.17) is 4.74 Å². The van der Waals surface area contributed by atoms with Crippen LogP contribution in [0.5, 0.6) is 0 Å². The largest absolute Gasteiger partial charge is 0.443 e. The lowest BCUT2D eigenvalue weighted by Gasteiger charge is -2.24. The molecule has 0 N–H and O–H groups in total. The summed E-state index contributed by atoms with van der Waals surface area (Å²) >= 11 is 0. The lowest BCUT2D eigenvalue weighted by Crippen LogP contribution is -2.34. The molecule has 0 heterocycles. The molecule has 3 nitrogen and oxygen atoms in total. The second-order valence-corrected chi connectivity index (χ2v) is 5.71. The molecule has 0 aliphatic carbocycles. The third-order valence-corrected chi connectivity index (χ3v) is 2.65. The Hall–Kier alpha value is -1.29. The first-order valence-corrected chi connectivity index (χ1v) is 6.74. The van der Waals surface area contributed by atoms with Crippen LogP contribution >= 0.6 is 0 Å². The SMILES string of the molecule is CN(C(=O)OC(C)(C)C)c1ccc(CC[Si])cc1. The predicted octanol–water partition coefficient (Wildman–Crippen LogP) is 3.19. The van der Waals surface area contributed by atoms with E-state index in [9.17, 15) is 4.79 Å². The molecule has 0 bridgehead atoms. The minimum atomic E-state index is -0.471. The molecule has 3 radical (unpaired) electrons. The lowest BCUT2D eigenvalue weighted by atomic mass is 10.1. The first kappa shape index (κ1) is 14.8. The Kier molecular flexibility index (Phi) is 4.96. The smallest absolute Gasteiger partial charge is 0.414 e. The molecular weight excluding hydrogens is 242 g/mol. The third-order valence-electron chi connectivity index (χ3n) is 2.40. The van der Waals surface area contributed by atoms with Crippen molar-refractivity contribution in [2.24, 2.45) is 0 Å². The van der Waals surface area contributed by atoms with Crippen LogP contribution < -0.4 is 4.90 Å². The van der Waals surface area contributed by atoms with Gasteiger partial charge in [0.1, 0.15) is 5.60 Å². The first-order chi connectivity index (χ1) is 8.33. The number of benzene rings is 1. The fourth-order valence-electron chi connectivity index (χ4n) is 1.47. The molecule has 0 saturated carbocycles. The van der Waals surface area contributed by atoms with E-state index in [-0.39, 0.29) is 6.09 Å². The highest BCUT2D eigenvalue weighted by Gasteiger charge is 2.20. The highest BCUT2D eigenvalue weighted by Crippen LogP contribution is 2.17. The highest BCUT2D eigenvalue weighted by molar-refractivity contribution is 6.08. The summed E-state index contributed by atoms with van der Waals surface area (Å²) in [7, 11) is 5.17. The number of ether oxygens (including phenoxy) is 1. The molecular formula is C14H20NO2Si. The van der Waals surface area contributed by atoms with Crippen molar-refractivity contribution in [2.75, 3.05) is 11.9 Å². The van der Waals surface area contributed by atoms with Crippen molar-refractivity contribution in [3.8, 4) is 0 Å². The second-order valence-electron chi connectivity index (χ2n) is 5.21. The van der Waals surface area contributed by atoms with Crippen LogP contribution in [0.15, 0.2) is 24.3 Å². The molecule has 0 aliphatic heterocycles. The average Bonchev–Trinajstić information content (AvgIpc) is 2.27. The summed E-state index contributed by atoms with van der Waals surface area (Å²) in [6.07, 6.45) is 0.642. The summed E-state index contributed by atoms with van der Waals surface area (Å²) < 4.78 is 5.31. The Labute approximate surface area is 113 Å². The van der Waals surface area contributed by atoms with Gasteiger partial charge in [-0.2, -0.15) is 0 Å². The monoisotopic (exact) mass is 262 g/mol. The van der Waals surface area contributed by atoms with Gasteiger partial charge in [-0.15, -0.1) is 0 Å². The maximum atomic E-state index is 11.9. The molecule has 0 unspecified atom stereocenters. The van der Waals surface area contributed by atoms with Gasteiger partial charge in [-0.1, -0.05) is 18.2 Å². The van der Waals surface area contributed by atoms with E-state index in [0.29, 0.717) is 0 Å². The first-order valence-electron chi connectivity index (χ1n) is 6.04. The number of anilines is 1. The molecule has 0 saturated heterocycles. The van der Waals surface area contributed by atoms with Crippen molar-refractivity contribution in [1.82, 2.24) is 0 Å². The van der Waals surface area contributed by atoms with Crippen molar-refractivity contribution in [2.45, 2.75) is 38.8 Å². The molecule has 0 spiro atoms. The minimum Gasteiger partial charge on any atom is -0.443 e. The summed E-state index contributed by atoms with van der Waals surface area (Å²) in [5.41, 5.74) is 1.61. The van der Waals surface area contributed by atoms with Crippen LogP contribution in [0.1, 0.15) is 26.3 Å². The fourth-order valence-corrected chi connectivity index (χ4v) is 1.76. The molecule has 18 heavy (non-hydrogen) atoms. The van der Waals surface area contributed by atoms with Gasteiger partial charge < -0.3 is 4.74 Å². The predicted molar refractivity (Wildman–Crippen MR) is 75.3 cm³/mol. The molecule has 97 valence electrons. The van der Waals surface area contributed by atoms with Crippen LogP contribution in [0, 0.1) is 0 Å². The number of hydrogen-bond donors (Lipinski definition) is 0. The number of nitrogens with zero attached hydrogens (tertiary/aromatic N) is 1. The van der Waals surface area contributed by atoms with Gasteiger partial charge in [0.2, 0.25) is 0 Å². The highest BCUT2D eigenvalue weighted by atomic mass is 28.1. The molecule has 1 aromatic rings. The van der Waals surface area contributed by atoms with E-state index in [2.05, 4.69) is 10.2 Å². The Morgan fingerprint density at radius 3 is 2.28 bits per heavy atom. The van der Waals surface area contributed by atoms with Crippen molar-refractivity contribution in [3.05, 3.63) is 29.8 Å². The number of hydrogen-bond acceptors (Lipinski definition) is 2. The van der Waals surface area contributed by atoms with Gasteiger partial charge in [0, 0.05) is 23.0 Å². The molecule has 1 aromatic carbocycles. The number of carbonyl (C=O) groups excluding carboxylic acids is 1. The summed E-state index contributed by atoms with van der Waals surface area (Å²) in [4.78, 5) is 13.4. The molecule has 0 fully saturated rings. The van der Waals surface area contributed by atoms with Crippen molar-refractivity contribution in [3.63, 3.8) is 0 Å². The third kappa shape index (κ3) is 4.53. The van der Waals surface area contributed by atoms with Gasteiger partial charge in [0.25, 0.3) is 0 Å². The van der Waals surface area contributed by atoms with E-state index in [1.807, 2.05) is 45.0 Å². The summed E-state index contributed by atoms with van der Waals surface area (Å²) in [5.74, 6) is 0. The quantitative estimate of drug-likeness (QED) is 0.783. The molecule has 0 aromatic heterocycles. The summed E-state index contributed by atoms with van der Waals surface area (Å²) in [6, 6.07) is 8.84.